The fourth-order valence-electron chi connectivity index (χ4n) is 4.89. The van der Waals surface area contributed by atoms with Crippen molar-refractivity contribution in [1.29, 1.82) is 0 Å². The number of fused-ring (bicyclic) bond motifs is 3. The number of rotatable bonds is 13. The molecule has 1 heteroatoms. The number of benzene rings is 2. The van der Waals surface area contributed by atoms with Gasteiger partial charge in [-0.25, -0.2) is 0 Å². The van der Waals surface area contributed by atoms with Gasteiger partial charge >= 0.3 is 0 Å². The Morgan fingerprint density at radius 2 is 1.31 bits per heavy atom. The van der Waals surface area contributed by atoms with Crippen LogP contribution in [-0.4, -0.2) is 0 Å². The average Bonchev–Trinajstić information content (AvgIpc) is 3.12. The van der Waals surface area contributed by atoms with Crippen molar-refractivity contribution in [2.45, 2.75) is 104 Å². The summed E-state index contributed by atoms with van der Waals surface area (Å²) in [5.41, 5.74) is 4.88. The second kappa shape index (κ2) is 11.7. The summed E-state index contributed by atoms with van der Waals surface area (Å²) in [5.74, 6) is 0. The fourth-order valence-corrected chi connectivity index (χ4v) is 6.09. The quantitative estimate of drug-likeness (QED) is 0.247. The molecule has 158 valence electrons. The van der Waals surface area contributed by atoms with Crippen molar-refractivity contribution >= 4 is 31.5 Å². The second-order valence-corrected chi connectivity index (χ2v) is 9.69. The van der Waals surface area contributed by atoms with E-state index in [2.05, 4.69) is 51.1 Å². The number of unbranched alkanes of at least 4 members (excludes halogenated alkanes) is 9. The smallest absolute Gasteiger partial charge is 0.0361 e. The van der Waals surface area contributed by atoms with Crippen LogP contribution in [0.25, 0.3) is 20.2 Å². The molecule has 0 saturated carbocycles. The Bertz CT molecular complexity index is 886. The van der Waals surface area contributed by atoms with Crippen LogP contribution in [-0.2, 0) is 19.3 Å². The summed E-state index contributed by atoms with van der Waals surface area (Å²) in [4.78, 5) is 0. The molecule has 29 heavy (non-hydrogen) atoms. The number of hydrogen-bond acceptors (Lipinski definition) is 1. The predicted molar refractivity (Wildman–Crippen MR) is 134 cm³/mol. The lowest BCUT2D eigenvalue weighted by molar-refractivity contribution is 0.556. The van der Waals surface area contributed by atoms with Crippen molar-refractivity contribution in [2.75, 3.05) is 0 Å². The Kier molecular flexibility index (Phi) is 9.05. The first-order chi connectivity index (χ1) is 14.3. The maximum Gasteiger partial charge on any atom is 0.0361 e. The molecule has 3 rings (SSSR count). The first-order valence-corrected chi connectivity index (χ1v) is 13.1. The van der Waals surface area contributed by atoms with E-state index in [9.17, 15) is 0 Å². The van der Waals surface area contributed by atoms with Crippen LogP contribution in [0.15, 0.2) is 30.3 Å². The third-order valence-corrected chi connectivity index (χ3v) is 7.61. The van der Waals surface area contributed by atoms with Crippen LogP contribution in [0.5, 0.6) is 0 Å². The third-order valence-electron chi connectivity index (χ3n) is 6.50. The summed E-state index contributed by atoms with van der Waals surface area (Å²) in [6.07, 6.45) is 17.7. The topological polar surface area (TPSA) is 0 Å². The molecular weight excluding hydrogens is 368 g/mol. The van der Waals surface area contributed by atoms with E-state index < -0.39 is 0 Å². The SMILES string of the molecule is CCCCCCCCCCCCc1c(CC)c(CC)cc2sc3ccccc3c12. The highest BCUT2D eigenvalue weighted by atomic mass is 32.1. The van der Waals surface area contributed by atoms with E-state index >= 15 is 0 Å². The van der Waals surface area contributed by atoms with Crippen molar-refractivity contribution in [1.82, 2.24) is 0 Å². The highest BCUT2D eigenvalue weighted by Crippen LogP contribution is 2.39. The molecule has 2 aromatic carbocycles. The largest absolute Gasteiger partial charge is 0.135 e. The number of hydrogen-bond donors (Lipinski definition) is 0. The van der Waals surface area contributed by atoms with Gasteiger partial charge in [0.25, 0.3) is 0 Å². The molecule has 0 spiro atoms. The van der Waals surface area contributed by atoms with Gasteiger partial charge in [-0.05, 0) is 54.5 Å². The highest BCUT2D eigenvalue weighted by Gasteiger charge is 2.15. The van der Waals surface area contributed by atoms with E-state index in [1.807, 2.05) is 11.3 Å². The Morgan fingerprint density at radius 1 is 0.655 bits per heavy atom. The predicted octanol–water partition coefficient (Wildman–Crippen LogP) is 9.64. The van der Waals surface area contributed by atoms with Gasteiger partial charge in [0.05, 0.1) is 0 Å². The summed E-state index contributed by atoms with van der Waals surface area (Å²) < 4.78 is 2.95. The van der Waals surface area contributed by atoms with Crippen LogP contribution in [0, 0.1) is 0 Å². The molecule has 0 aliphatic heterocycles. The van der Waals surface area contributed by atoms with E-state index in [4.69, 9.17) is 0 Å². The zero-order valence-electron chi connectivity index (χ0n) is 19.0. The molecule has 0 nitrogen and oxygen atoms in total. The number of aryl methyl sites for hydroxylation is 2. The molecule has 3 aromatic rings. The molecule has 0 atom stereocenters. The maximum absolute atomic E-state index is 2.49. The van der Waals surface area contributed by atoms with Crippen molar-refractivity contribution in [3.8, 4) is 0 Å². The minimum absolute atomic E-state index is 1.15. The Labute approximate surface area is 182 Å². The third kappa shape index (κ3) is 5.63. The monoisotopic (exact) mass is 408 g/mol. The second-order valence-electron chi connectivity index (χ2n) is 8.60. The van der Waals surface area contributed by atoms with Crippen molar-refractivity contribution < 1.29 is 0 Å². The minimum Gasteiger partial charge on any atom is -0.135 e. The van der Waals surface area contributed by atoms with Crippen molar-refractivity contribution in [2.24, 2.45) is 0 Å². The fraction of sp³-hybridized carbons (Fsp3) is 0.571. The molecule has 0 fully saturated rings. The lowest BCUT2D eigenvalue weighted by atomic mass is 9.90. The van der Waals surface area contributed by atoms with Crippen LogP contribution < -0.4 is 0 Å². The van der Waals surface area contributed by atoms with E-state index in [0.29, 0.717) is 0 Å². The van der Waals surface area contributed by atoms with Gasteiger partial charge in [0.15, 0.2) is 0 Å². The van der Waals surface area contributed by atoms with Crippen LogP contribution >= 0.6 is 11.3 Å². The minimum atomic E-state index is 1.15. The van der Waals surface area contributed by atoms with Gasteiger partial charge in [0, 0.05) is 20.2 Å². The lowest BCUT2D eigenvalue weighted by Gasteiger charge is -2.15. The molecular formula is C28H40S. The normalized spacial score (nSPS) is 11.7. The summed E-state index contributed by atoms with van der Waals surface area (Å²) in [6, 6.07) is 11.5. The molecule has 0 N–H and O–H groups in total. The Hall–Kier alpha value is -1.34. The van der Waals surface area contributed by atoms with Crippen LogP contribution in [0.1, 0.15) is 102 Å². The van der Waals surface area contributed by atoms with Gasteiger partial charge in [-0.3, -0.25) is 0 Å². The Morgan fingerprint density at radius 3 is 1.97 bits per heavy atom. The molecule has 0 radical (unpaired) electrons. The van der Waals surface area contributed by atoms with Gasteiger partial charge in [-0.15, -0.1) is 11.3 Å². The summed E-state index contributed by atoms with van der Waals surface area (Å²) in [5, 5.41) is 3.04. The average molecular weight is 409 g/mol. The van der Waals surface area contributed by atoms with Gasteiger partial charge in [-0.1, -0.05) is 96.8 Å². The van der Waals surface area contributed by atoms with E-state index in [-0.39, 0.29) is 0 Å². The van der Waals surface area contributed by atoms with Gasteiger partial charge in [-0.2, -0.15) is 0 Å². The maximum atomic E-state index is 2.49. The van der Waals surface area contributed by atoms with Crippen LogP contribution in [0.3, 0.4) is 0 Å². The van der Waals surface area contributed by atoms with Crippen LogP contribution in [0.4, 0.5) is 0 Å². The van der Waals surface area contributed by atoms with Crippen molar-refractivity contribution in [3.63, 3.8) is 0 Å². The molecule has 0 aliphatic rings. The molecule has 1 heterocycles. The Balaban J connectivity index is 1.65. The van der Waals surface area contributed by atoms with E-state index in [1.165, 1.54) is 85.4 Å². The van der Waals surface area contributed by atoms with Gasteiger partial charge < -0.3 is 0 Å². The zero-order chi connectivity index (χ0) is 20.5. The zero-order valence-corrected chi connectivity index (χ0v) is 19.8. The first kappa shape index (κ1) is 22.3. The summed E-state index contributed by atoms with van der Waals surface area (Å²) in [6.45, 7) is 6.96. The van der Waals surface area contributed by atoms with E-state index in [1.54, 1.807) is 22.1 Å². The molecule has 0 bridgehead atoms. The molecule has 0 saturated heterocycles. The summed E-state index contributed by atoms with van der Waals surface area (Å²) in [7, 11) is 0. The molecule has 0 unspecified atom stereocenters. The highest BCUT2D eigenvalue weighted by molar-refractivity contribution is 7.25. The standard InChI is InChI=1S/C28H40S/c1-4-7-8-9-10-11-12-13-14-15-18-24-23(6-3)22(5-2)21-27-28(24)25-19-16-17-20-26(25)29-27/h16-17,19-21H,4-15,18H2,1-3H3. The molecule has 0 amide bonds. The first-order valence-electron chi connectivity index (χ1n) is 12.2. The molecule has 1 aromatic heterocycles. The number of thiophene rings is 1. The summed E-state index contributed by atoms with van der Waals surface area (Å²) >= 11 is 1.98. The lowest BCUT2D eigenvalue weighted by Crippen LogP contribution is -2.00. The van der Waals surface area contributed by atoms with Gasteiger partial charge in [0.2, 0.25) is 0 Å². The van der Waals surface area contributed by atoms with Crippen LogP contribution in [0.2, 0.25) is 0 Å². The van der Waals surface area contributed by atoms with Crippen molar-refractivity contribution in [3.05, 3.63) is 47.0 Å². The van der Waals surface area contributed by atoms with Gasteiger partial charge in [0.1, 0.15) is 0 Å². The van der Waals surface area contributed by atoms with E-state index in [0.717, 1.165) is 12.8 Å². The molecule has 0 aliphatic carbocycles.